The molecule has 2 aromatic rings. The number of amides is 1. The van der Waals surface area contributed by atoms with Gasteiger partial charge in [0.1, 0.15) is 0 Å². The Labute approximate surface area is 116 Å². The second-order valence-electron chi connectivity index (χ2n) is 4.39. The summed E-state index contributed by atoms with van der Waals surface area (Å²) in [7, 11) is 0. The first-order valence-corrected chi connectivity index (χ1v) is 6.17. The summed E-state index contributed by atoms with van der Waals surface area (Å²) < 4.78 is 1.72. The fraction of sp³-hybridized carbons (Fsp3) is 0.214. The largest absolute Gasteiger partial charge is 0.478 e. The predicted molar refractivity (Wildman–Crippen MR) is 72.7 cm³/mol. The van der Waals surface area contributed by atoms with Crippen molar-refractivity contribution in [3.05, 3.63) is 53.3 Å². The molecule has 2 N–H and O–H groups in total. The Morgan fingerprint density at radius 1 is 1.30 bits per heavy atom. The molecule has 0 atom stereocenters. The molecule has 1 aromatic heterocycles. The molecular weight excluding hydrogens is 258 g/mol. The summed E-state index contributed by atoms with van der Waals surface area (Å²) in [4.78, 5) is 23.0. The van der Waals surface area contributed by atoms with Crippen LogP contribution in [0.15, 0.2) is 36.7 Å². The molecule has 0 saturated carbocycles. The van der Waals surface area contributed by atoms with E-state index >= 15 is 0 Å². The Kier molecular flexibility index (Phi) is 4.14. The number of nitrogens with zero attached hydrogens (tertiary/aromatic N) is 2. The fourth-order valence-electron chi connectivity index (χ4n) is 1.84. The van der Waals surface area contributed by atoms with Gasteiger partial charge in [0.15, 0.2) is 0 Å². The number of benzene rings is 1. The predicted octanol–water partition coefficient (Wildman–Crippen LogP) is 1.32. The minimum Gasteiger partial charge on any atom is -0.478 e. The van der Waals surface area contributed by atoms with Gasteiger partial charge in [0.2, 0.25) is 0 Å². The van der Waals surface area contributed by atoms with Gasteiger partial charge in [-0.1, -0.05) is 12.1 Å². The number of carbonyl (C=O) groups excluding carboxylic acids is 1. The highest BCUT2D eigenvalue weighted by Crippen LogP contribution is 2.08. The van der Waals surface area contributed by atoms with Crippen LogP contribution in [0.5, 0.6) is 0 Å². The number of carboxylic acid groups (broad SMARTS) is 1. The molecule has 1 amide bonds. The van der Waals surface area contributed by atoms with Crippen LogP contribution in [-0.2, 0) is 6.54 Å². The maximum Gasteiger partial charge on any atom is 0.336 e. The highest BCUT2D eigenvalue weighted by Gasteiger charge is 2.14. The molecule has 2 rings (SSSR count). The first-order valence-electron chi connectivity index (χ1n) is 6.17. The third-order valence-electron chi connectivity index (χ3n) is 2.79. The topological polar surface area (TPSA) is 84.2 Å². The number of nitrogens with one attached hydrogen (secondary N) is 1. The van der Waals surface area contributed by atoms with Crippen LogP contribution in [0.1, 0.15) is 26.3 Å². The maximum atomic E-state index is 12.0. The minimum absolute atomic E-state index is 0.0000615. The number of aromatic carboxylic acids is 1. The van der Waals surface area contributed by atoms with Gasteiger partial charge in [-0.05, 0) is 24.6 Å². The molecule has 0 aliphatic rings. The summed E-state index contributed by atoms with van der Waals surface area (Å²) in [5, 5.41) is 15.8. The number of carboxylic acids is 1. The Hall–Kier alpha value is -2.63. The lowest BCUT2D eigenvalue weighted by atomic mass is 10.1. The fourth-order valence-corrected chi connectivity index (χ4v) is 1.84. The van der Waals surface area contributed by atoms with E-state index in [0.717, 1.165) is 5.56 Å². The van der Waals surface area contributed by atoms with Crippen LogP contribution in [0.25, 0.3) is 0 Å². The van der Waals surface area contributed by atoms with E-state index in [1.165, 1.54) is 12.1 Å². The van der Waals surface area contributed by atoms with Gasteiger partial charge in [0, 0.05) is 12.7 Å². The van der Waals surface area contributed by atoms with Gasteiger partial charge in [-0.15, -0.1) is 0 Å². The van der Waals surface area contributed by atoms with E-state index < -0.39 is 11.9 Å². The van der Waals surface area contributed by atoms with Crippen molar-refractivity contribution in [2.24, 2.45) is 0 Å². The molecule has 20 heavy (non-hydrogen) atoms. The van der Waals surface area contributed by atoms with Crippen molar-refractivity contribution < 1.29 is 14.7 Å². The molecule has 1 aromatic carbocycles. The van der Waals surface area contributed by atoms with Crippen LogP contribution in [0.4, 0.5) is 0 Å². The number of hydrogen-bond acceptors (Lipinski definition) is 3. The lowest BCUT2D eigenvalue weighted by Crippen LogP contribution is -2.28. The van der Waals surface area contributed by atoms with Crippen LogP contribution in [0, 0.1) is 6.92 Å². The van der Waals surface area contributed by atoms with Crippen molar-refractivity contribution in [2.45, 2.75) is 13.5 Å². The molecule has 0 bridgehead atoms. The van der Waals surface area contributed by atoms with E-state index in [9.17, 15) is 9.59 Å². The van der Waals surface area contributed by atoms with E-state index in [4.69, 9.17) is 5.11 Å². The second-order valence-corrected chi connectivity index (χ2v) is 4.39. The standard InChI is InChI=1S/C14H15N3O3/c1-10-8-16-17(9-10)7-6-15-13(18)11-4-2-3-5-12(11)14(19)20/h2-5,8-9H,6-7H2,1H3,(H,15,18)(H,19,20). The number of carbonyl (C=O) groups is 2. The van der Waals surface area contributed by atoms with E-state index in [1.807, 2.05) is 13.1 Å². The minimum atomic E-state index is -1.11. The number of rotatable bonds is 5. The van der Waals surface area contributed by atoms with Crippen molar-refractivity contribution >= 4 is 11.9 Å². The first-order chi connectivity index (χ1) is 9.58. The molecule has 1 heterocycles. The number of aromatic nitrogens is 2. The molecule has 0 radical (unpaired) electrons. The van der Waals surface area contributed by atoms with Gasteiger partial charge in [-0.25, -0.2) is 4.79 Å². The third kappa shape index (κ3) is 3.23. The van der Waals surface area contributed by atoms with Crippen LogP contribution < -0.4 is 5.32 Å². The summed E-state index contributed by atoms with van der Waals surface area (Å²) in [5.74, 6) is -1.51. The normalized spacial score (nSPS) is 10.2. The molecule has 0 unspecified atom stereocenters. The zero-order valence-electron chi connectivity index (χ0n) is 11.0. The van der Waals surface area contributed by atoms with Gasteiger partial charge in [0.05, 0.1) is 23.9 Å². The number of hydrogen-bond donors (Lipinski definition) is 2. The lowest BCUT2D eigenvalue weighted by molar-refractivity contribution is 0.0691. The number of aryl methyl sites for hydroxylation is 1. The monoisotopic (exact) mass is 273 g/mol. The van der Waals surface area contributed by atoms with Crippen LogP contribution in [-0.4, -0.2) is 33.3 Å². The van der Waals surface area contributed by atoms with Crippen molar-refractivity contribution in [3.63, 3.8) is 0 Å². The molecule has 6 nitrogen and oxygen atoms in total. The molecule has 104 valence electrons. The molecule has 0 fully saturated rings. The molecule has 6 heteroatoms. The summed E-state index contributed by atoms with van der Waals surface area (Å²) in [6.45, 7) is 2.86. The molecule has 0 aliphatic heterocycles. The highest BCUT2D eigenvalue weighted by molar-refractivity contribution is 6.04. The molecular formula is C14H15N3O3. The third-order valence-corrected chi connectivity index (χ3v) is 2.79. The maximum absolute atomic E-state index is 12.0. The Bertz CT molecular complexity index is 634. The molecule has 0 saturated heterocycles. The van der Waals surface area contributed by atoms with Crippen LogP contribution >= 0.6 is 0 Å². The Morgan fingerprint density at radius 3 is 2.60 bits per heavy atom. The van der Waals surface area contributed by atoms with Gasteiger partial charge in [0.25, 0.3) is 5.91 Å². The average Bonchev–Trinajstić information content (AvgIpc) is 2.84. The van der Waals surface area contributed by atoms with Gasteiger partial charge in [-0.2, -0.15) is 5.10 Å². The zero-order chi connectivity index (χ0) is 14.5. The molecule has 0 spiro atoms. The first kappa shape index (κ1) is 13.8. The van der Waals surface area contributed by atoms with E-state index in [2.05, 4.69) is 10.4 Å². The van der Waals surface area contributed by atoms with Crippen LogP contribution in [0.2, 0.25) is 0 Å². The van der Waals surface area contributed by atoms with E-state index in [1.54, 1.807) is 23.0 Å². The van der Waals surface area contributed by atoms with Gasteiger partial charge in [-0.3, -0.25) is 9.48 Å². The van der Waals surface area contributed by atoms with Crippen molar-refractivity contribution in [2.75, 3.05) is 6.54 Å². The van der Waals surface area contributed by atoms with E-state index in [0.29, 0.717) is 13.1 Å². The second kappa shape index (κ2) is 6.01. The zero-order valence-corrected chi connectivity index (χ0v) is 11.0. The van der Waals surface area contributed by atoms with E-state index in [-0.39, 0.29) is 11.1 Å². The van der Waals surface area contributed by atoms with Crippen LogP contribution in [0.3, 0.4) is 0 Å². The summed E-state index contributed by atoms with van der Waals surface area (Å²) in [6, 6.07) is 6.13. The quantitative estimate of drug-likeness (QED) is 0.860. The smallest absolute Gasteiger partial charge is 0.336 e. The SMILES string of the molecule is Cc1cnn(CCNC(=O)c2ccccc2C(=O)O)c1. The Morgan fingerprint density at radius 2 is 2.00 bits per heavy atom. The lowest BCUT2D eigenvalue weighted by Gasteiger charge is -2.07. The summed E-state index contributed by atoms with van der Waals surface area (Å²) in [6.07, 6.45) is 3.61. The highest BCUT2D eigenvalue weighted by atomic mass is 16.4. The summed E-state index contributed by atoms with van der Waals surface area (Å²) in [5.41, 5.74) is 1.21. The summed E-state index contributed by atoms with van der Waals surface area (Å²) >= 11 is 0. The Balaban J connectivity index is 1.97. The van der Waals surface area contributed by atoms with Crippen molar-refractivity contribution in [3.8, 4) is 0 Å². The van der Waals surface area contributed by atoms with Gasteiger partial charge < -0.3 is 10.4 Å². The molecule has 0 aliphatic carbocycles. The van der Waals surface area contributed by atoms with Gasteiger partial charge >= 0.3 is 5.97 Å². The average molecular weight is 273 g/mol. The van der Waals surface area contributed by atoms with Crippen molar-refractivity contribution in [1.82, 2.24) is 15.1 Å². The van der Waals surface area contributed by atoms with Crippen molar-refractivity contribution in [1.29, 1.82) is 0 Å².